The molecule has 1 rings (SSSR count). The molecule has 1 heterocycles. The maximum Gasteiger partial charge on any atom is 0.264 e. The van der Waals surface area contributed by atoms with E-state index in [9.17, 15) is 8.42 Å². The predicted molar refractivity (Wildman–Crippen MR) is 83.7 cm³/mol. The lowest BCUT2D eigenvalue weighted by atomic mass is 10.2. The molecule has 114 valence electrons. The Hall–Kier alpha value is 0.437. The smallest absolute Gasteiger partial charge is 0.264 e. The molecule has 0 spiro atoms. The van der Waals surface area contributed by atoms with Crippen LogP contribution in [0.5, 0.6) is 0 Å². The first-order valence-corrected chi connectivity index (χ1v) is 12.3. The summed E-state index contributed by atoms with van der Waals surface area (Å²) >= 11 is 1.75. The van der Waals surface area contributed by atoms with E-state index in [4.69, 9.17) is 8.61 Å². The zero-order chi connectivity index (χ0) is 14.9. The topological polar surface area (TPSA) is 52.6 Å². The van der Waals surface area contributed by atoms with Crippen LogP contribution < -0.4 is 0 Å². The molecule has 0 aromatic carbocycles. The van der Waals surface area contributed by atoms with E-state index in [0.717, 1.165) is 18.4 Å². The van der Waals surface area contributed by atoms with Crippen molar-refractivity contribution in [1.82, 2.24) is 0 Å². The molecule has 1 aliphatic rings. The van der Waals surface area contributed by atoms with Crippen LogP contribution in [0.15, 0.2) is 0 Å². The Labute approximate surface area is 122 Å². The Bertz CT molecular complexity index is 400. The maximum atomic E-state index is 11.1. The summed E-state index contributed by atoms with van der Waals surface area (Å²) in [5, 5.41) is 0.555. The maximum absolute atomic E-state index is 11.1. The molecular weight excluding hydrogens is 300 g/mol. The molecule has 0 aromatic heterocycles. The van der Waals surface area contributed by atoms with Gasteiger partial charge in [0.25, 0.3) is 10.1 Å². The van der Waals surface area contributed by atoms with Gasteiger partial charge in [-0.2, -0.15) is 20.2 Å². The first kappa shape index (κ1) is 17.5. The minimum atomic E-state index is -3.34. The summed E-state index contributed by atoms with van der Waals surface area (Å²) in [5.74, 6) is 0.735. The van der Waals surface area contributed by atoms with Crippen molar-refractivity contribution in [2.45, 2.75) is 56.7 Å². The summed E-state index contributed by atoms with van der Waals surface area (Å²) in [4.78, 5) is 0. The molecule has 19 heavy (non-hydrogen) atoms. The second-order valence-corrected chi connectivity index (χ2v) is 14.4. The Morgan fingerprint density at radius 2 is 1.89 bits per heavy atom. The first-order valence-electron chi connectivity index (χ1n) is 6.54. The SMILES string of the molecule is CC(C)(C)[Si](C)(C)OC[C@H]1C[C@H](OS(C)(=O)=O)CS1. The van der Waals surface area contributed by atoms with Crippen molar-refractivity contribution in [1.29, 1.82) is 0 Å². The van der Waals surface area contributed by atoms with Crippen molar-refractivity contribution in [3.8, 4) is 0 Å². The van der Waals surface area contributed by atoms with Gasteiger partial charge in [0.15, 0.2) is 8.32 Å². The van der Waals surface area contributed by atoms with Crippen LogP contribution in [0.1, 0.15) is 27.2 Å². The fraction of sp³-hybridized carbons (Fsp3) is 1.00. The molecular formula is C12H26O4S2Si. The quantitative estimate of drug-likeness (QED) is 0.574. The van der Waals surface area contributed by atoms with E-state index in [0.29, 0.717) is 11.9 Å². The van der Waals surface area contributed by atoms with Crippen LogP contribution >= 0.6 is 11.8 Å². The number of hydrogen-bond acceptors (Lipinski definition) is 5. The van der Waals surface area contributed by atoms with Gasteiger partial charge in [0.2, 0.25) is 0 Å². The van der Waals surface area contributed by atoms with Crippen LogP contribution in [0.3, 0.4) is 0 Å². The lowest BCUT2D eigenvalue weighted by Crippen LogP contribution is -2.42. The fourth-order valence-corrected chi connectivity index (χ4v) is 4.73. The molecule has 4 nitrogen and oxygen atoms in total. The van der Waals surface area contributed by atoms with Crippen molar-refractivity contribution >= 4 is 30.2 Å². The minimum Gasteiger partial charge on any atom is -0.416 e. The van der Waals surface area contributed by atoms with Crippen molar-refractivity contribution in [3.05, 3.63) is 0 Å². The molecule has 2 atom stereocenters. The van der Waals surface area contributed by atoms with Gasteiger partial charge in [-0.15, -0.1) is 0 Å². The van der Waals surface area contributed by atoms with Crippen LogP contribution in [0.4, 0.5) is 0 Å². The molecule has 0 unspecified atom stereocenters. The molecule has 1 saturated heterocycles. The van der Waals surface area contributed by atoms with E-state index < -0.39 is 18.4 Å². The third-order valence-corrected chi connectivity index (χ3v) is 10.3. The summed E-state index contributed by atoms with van der Waals surface area (Å²) < 4.78 is 33.4. The van der Waals surface area contributed by atoms with Gasteiger partial charge in [-0.1, -0.05) is 20.8 Å². The zero-order valence-corrected chi connectivity index (χ0v) is 15.4. The summed E-state index contributed by atoms with van der Waals surface area (Å²) in [6.07, 6.45) is 1.68. The van der Waals surface area contributed by atoms with Crippen LogP contribution in [0.25, 0.3) is 0 Å². The molecule has 0 saturated carbocycles. The van der Waals surface area contributed by atoms with Gasteiger partial charge in [0.1, 0.15) is 0 Å². The summed E-state index contributed by atoms with van der Waals surface area (Å²) in [6.45, 7) is 11.8. The fourth-order valence-electron chi connectivity index (χ4n) is 1.62. The van der Waals surface area contributed by atoms with E-state index in [1.165, 1.54) is 0 Å². The summed E-state index contributed by atoms with van der Waals surface area (Å²) in [7, 11) is -5.06. The van der Waals surface area contributed by atoms with E-state index in [1.54, 1.807) is 11.8 Å². The van der Waals surface area contributed by atoms with Crippen LogP contribution in [0.2, 0.25) is 18.1 Å². The molecule has 0 aromatic rings. The van der Waals surface area contributed by atoms with E-state index in [1.807, 2.05) is 0 Å². The van der Waals surface area contributed by atoms with Gasteiger partial charge >= 0.3 is 0 Å². The van der Waals surface area contributed by atoms with Gasteiger partial charge in [0, 0.05) is 17.6 Å². The van der Waals surface area contributed by atoms with Gasteiger partial charge in [-0.25, -0.2) is 0 Å². The van der Waals surface area contributed by atoms with Crippen molar-refractivity contribution < 1.29 is 17.0 Å². The van der Waals surface area contributed by atoms with Gasteiger partial charge in [0.05, 0.1) is 12.4 Å². The molecule has 1 aliphatic heterocycles. The number of hydrogen-bond donors (Lipinski definition) is 0. The van der Waals surface area contributed by atoms with Crippen molar-refractivity contribution in [3.63, 3.8) is 0 Å². The highest BCUT2D eigenvalue weighted by Crippen LogP contribution is 2.38. The standard InChI is InChI=1S/C12H26O4S2Si/c1-12(2,3)19(5,6)15-8-11-7-10(9-17-11)16-18(4,13)14/h10-11H,7-9H2,1-6H3/t10-,11+/m0/s1. The lowest BCUT2D eigenvalue weighted by molar-refractivity contribution is 0.215. The minimum absolute atomic E-state index is 0.187. The Kier molecular flexibility index (Phi) is 5.57. The highest BCUT2D eigenvalue weighted by Gasteiger charge is 2.38. The third-order valence-electron chi connectivity index (χ3n) is 3.79. The Balaban J connectivity index is 2.42. The number of rotatable bonds is 5. The van der Waals surface area contributed by atoms with Gasteiger partial charge < -0.3 is 4.43 Å². The predicted octanol–water partition coefficient (Wildman–Crippen LogP) is 2.86. The van der Waals surface area contributed by atoms with E-state index in [2.05, 4.69) is 33.9 Å². The van der Waals surface area contributed by atoms with Crippen molar-refractivity contribution in [2.24, 2.45) is 0 Å². The molecule has 0 bridgehead atoms. The van der Waals surface area contributed by atoms with Crippen molar-refractivity contribution in [2.75, 3.05) is 18.6 Å². The largest absolute Gasteiger partial charge is 0.416 e. The van der Waals surface area contributed by atoms with Crippen LogP contribution in [-0.4, -0.2) is 46.7 Å². The average molecular weight is 327 g/mol. The number of thioether (sulfide) groups is 1. The second-order valence-electron chi connectivity index (χ2n) is 6.68. The monoisotopic (exact) mass is 326 g/mol. The van der Waals surface area contributed by atoms with E-state index >= 15 is 0 Å². The first-order chi connectivity index (χ1) is 8.41. The third kappa shape index (κ3) is 5.75. The normalized spacial score (nSPS) is 25.8. The second kappa shape index (κ2) is 6.05. The molecule has 0 aliphatic carbocycles. The Morgan fingerprint density at radius 3 is 2.37 bits per heavy atom. The summed E-state index contributed by atoms with van der Waals surface area (Å²) in [5.41, 5.74) is 0. The molecule has 0 N–H and O–H groups in total. The summed E-state index contributed by atoms with van der Waals surface area (Å²) in [6, 6.07) is 0. The molecule has 1 fully saturated rings. The average Bonchev–Trinajstić information content (AvgIpc) is 2.58. The molecule has 0 radical (unpaired) electrons. The zero-order valence-electron chi connectivity index (χ0n) is 12.7. The Morgan fingerprint density at radius 1 is 1.32 bits per heavy atom. The molecule has 0 amide bonds. The highest BCUT2D eigenvalue weighted by atomic mass is 32.2. The van der Waals surface area contributed by atoms with E-state index in [-0.39, 0.29) is 11.1 Å². The van der Waals surface area contributed by atoms with Crippen LogP contribution in [0, 0.1) is 0 Å². The van der Waals surface area contributed by atoms with Gasteiger partial charge in [-0.3, -0.25) is 4.18 Å². The highest BCUT2D eigenvalue weighted by molar-refractivity contribution is 8.00. The molecule has 7 heteroatoms. The van der Waals surface area contributed by atoms with Gasteiger partial charge in [-0.05, 0) is 24.6 Å². The lowest BCUT2D eigenvalue weighted by Gasteiger charge is -2.36. The van der Waals surface area contributed by atoms with Crippen LogP contribution in [-0.2, 0) is 18.7 Å².